The first-order valence-corrected chi connectivity index (χ1v) is 4.43. The van der Waals surface area contributed by atoms with Crippen LogP contribution in [0.1, 0.15) is 19.3 Å². The molecule has 1 aliphatic carbocycles. The van der Waals surface area contributed by atoms with Crippen molar-refractivity contribution >= 4 is 5.91 Å². The first-order valence-electron chi connectivity index (χ1n) is 4.43. The SMILES string of the molecule is N[C@H]1CO[C@@H](C(=O)NC2CC2)C1. The van der Waals surface area contributed by atoms with Crippen LogP contribution in [0.4, 0.5) is 0 Å². The molecule has 1 amide bonds. The molecule has 1 saturated carbocycles. The quantitative estimate of drug-likeness (QED) is 0.580. The van der Waals surface area contributed by atoms with Crippen molar-refractivity contribution in [3.05, 3.63) is 0 Å². The van der Waals surface area contributed by atoms with E-state index < -0.39 is 0 Å². The molecule has 2 aliphatic rings. The van der Waals surface area contributed by atoms with E-state index in [1.807, 2.05) is 0 Å². The van der Waals surface area contributed by atoms with Gasteiger partial charge < -0.3 is 15.8 Å². The Morgan fingerprint density at radius 2 is 2.25 bits per heavy atom. The lowest BCUT2D eigenvalue weighted by Gasteiger charge is -2.08. The van der Waals surface area contributed by atoms with E-state index in [-0.39, 0.29) is 18.1 Å². The molecule has 1 aliphatic heterocycles. The van der Waals surface area contributed by atoms with Crippen LogP contribution >= 0.6 is 0 Å². The summed E-state index contributed by atoms with van der Waals surface area (Å²) >= 11 is 0. The maximum atomic E-state index is 11.3. The summed E-state index contributed by atoms with van der Waals surface area (Å²) in [5.74, 6) is 0.0189. The van der Waals surface area contributed by atoms with Crippen LogP contribution in [0.5, 0.6) is 0 Å². The summed E-state index contributed by atoms with van der Waals surface area (Å²) in [5.41, 5.74) is 5.60. The molecule has 0 unspecified atom stereocenters. The highest BCUT2D eigenvalue weighted by Crippen LogP contribution is 2.20. The van der Waals surface area contributed by atoms with Gasteiger partial charge in [0.25, 0.3) is 0 Å². The minimum Gasteiger partial charge on any atom is -0.367 e. The van der Waals surface area contributed by atoms with Gasteiger partial charge in [-0.25, -0.2) is 0 Å². The van der Waals surface area contributed by atoms with Gasteiger partial charge in [0, 0.05) is 12.1 Å². The third-order valence-electron chi connectivity index (χ3n) is 2.24. The van der Waals surface area contributed by atoms with E-state index in [0.717, 1.165) is 12.8 Å². The van der Waals surface area contributed by atoms with Crippen molar-refractivity contribution in [2.75, 3.05) is 6.61 Å². The molecule has 0 aromatic heterocycles. The minimum atomic E-state index is -0.291. The zero-order chi connectivity index (χ0) is 8.55. The van der Waals surface area contributed by atoms with Crippen LogP contribution in [-0.4, -0.2) is 30.7 Å². The number of carbonyl (C=O) groups excluding carboxylic acids is 1. The molecule has 4 heteroatoms. The Bertz CT molecular complexity index is 191. The van der Waals surface area contributed by atoms with Crippen molar-refractivity contribution in [3.8, 4) is 0 Å². The van der Waals surface area contributed by atoms with Crippen LogP contribution < -0.4 is 11.1 Å². The summed E-state index contributed by atoms with van der Waals surface area (Å²) in [6, 6.07) is 0.456. The van der Waals surface area contributed by atoms with Crippen molar-refractivity contribution in [2.45, 2.75) is 37.5 Å². The molecule has 68 valence electrons. The smallest absolute Gasteiger partial charge is 0.249 e. The van der Waals surface area contributed by atoms with Crippen LogP contribution in [0.25, 0.3) is 0 Å². The summed E-state index contributed by atoms with van der Waals surface area (Å²) in [4.78, 5) is 11.3. The van der Waals surface area contributed by atoms with E-state index in [4.69, 9.17) is 10.5 Å². The lowest BCUT2D eigenvalue weighted by Crippen LogP contribution is -2.36. The first kappa shape index (κ1) is 8.01. The van der Waals surface area contributed by atoms with E-state index in [1.54, 1.807) is 0 Å². The van der Waals surface area contributed by atoms with Gasteiger partial charge in [-0.05, 0) is 19.3 Å². The van der Waals surface area contributed by atoms with Gasteiger partial charge in [0.2, 0.25) is 5.91 Å². The van der Waals surface area contributed by atoms with Gasteiger partial charge in [0.15, 0.2) is 0 Å². The molecule has 0 aromatic rings. The highest BCUT2D eigenvalue weighted by Gasteiger charge is 2.32. The van der Waals surface area contributed by atoms with Gasteiger partial charge in [-0.2, -0.15) is 0 Å². The molecule has 0 bridgehead atoms. The van der Waals surface area contributed by atoms with Crippen LogP contribution in [0.15, 0.2) is 0 Å². The van der Waals surface area contributed by atoms with Crippen molar-refractivity contribution in [2.24, 2.45) is 5.73 Å². The van der Waals surface area contributed by atoms with E-state index in [1.165, 1.54) is 0 Å². The Morgan fingerprint density at radius 3 is 2.75 bits per heavy atom. The molecule has 2 rings (SSSR count). The average molecular weight is 170 g/mol. The number of nitrogens with one attached hydrogen (secondary N) is 1. The molecular formula is C8H14N2O2. The average Bonchev–Trinajstić information content (AvgIpc) is 2.72. The highest BCUT2D eigenvalue weighted by atomic mass is 16.5. The van der Waals surface area contributed by atoms with E-state index in [2.05, 4.69) is 5.32 Å². The first-order chi connectivity index (χ1) is 5.75. The summed E-state index contributed by atoms with van der Waals surface area (Å²) in [6.45, 7) is 0.517. The van der Waals surface area contributed by atoms with E-state index >= 15 is 0 Å². The third kappa shape index (κ3) is 1.76. The normalized spacial score (nSPS) is 35.1. The molecule has 0 spiro atoms. The van der Waals surface area contributed by atoms with Crippen LogP contribution in [0.2, 0.25) is 0 Å². The summed E-state index contributed by atoms with van der Waals surface area (Å²) < 4.78 is 5.22. The minimum absolute atomic E-state index is 0.0189. The number of carbonyl (C=O) groups is 1. The number of nitrogens with two attached hydrogens (primary N) is 1. The zero-order valence-corrected chi connectivity index (χ0v) is 6.95. The summed E-state index contributed by atoms with van der Waals surface area (Å²) in [5, 5.41) is 2.90. The van der Waals surface area contributed by atoms with E-state index in [9.17, 15) is 4.79 Å². The molecule has 0 radical (unpaired) electrons. The fraction of sp³-hybridized carbons (Fsp3) is 0.875. The molecule has 3 N–H and O–H groups in total. The summed E-state index contributed by atoms with van der Waals surface area (Å²) in [7, 11) is 0. The van der Waals surface area contributed by atoms with Crippen molar-refractivity contribution in [1.82, 2.24) is 5.32 Å². The van der Waals surface area contributed by atoms with Gasteiger partial charge in [-0.15, -0.1) is 0 Å². The molecule has 4 nitrogen and oxygen atoms in total. The second-order valence-electron chi connectivity index (χ2n) is 3.60. The molecular weight excluding hydrogens is 156 g/mol. The lowest BCUT2D eigenvalue weighted by atomic mass is 10.2. The Labute approximate surface area is 71.4 Å². The van der Waals surface area contributed by atoms with Crippen LogP contribution in [0, 0.1) is 0 Å². The fourth-order valence-electron chi connectivity index (χ4n) is 1.36. The Hall–Kier alpha value is -0.610. The lowest BCUT2D eigenvalue weighted by molar-refractivity contribution is -0.130. The third-order valence-corrected chi connectivity index (χ3v) is 2.24. The molecule has 2 atom stereocenters. The molecule has 1 heterocycles. The predicted octanol–water partition coefficient (Wildman–Crippen LogP) is -0.619. The number of rotatable bonds is 2. The van der Waals surface area contributed by atoms with Crippen molar-refractivity contribution in [1.29, 1.82) is 0 Å². The van der Waals surface area contributed by atoms with Crippen LogP contribution in [-0.2, 0) is 9.53 Å². The second-order valence-corrected chi connectivity index (χ2v) is 3.60. The predicted molar refractivity (Wildman–Crippen MR) is 43.5 cm³/mol. The zero-order valence-electron chi connectivity index (χ0n) is 6.95. The number of hydrogen-bond acceptors (Lipinski definition) is 3. The second kappa shape index (κ2) is 3.03. The van der Waals surface area contributed by atoms with Gasteiger partial charge in [-0.3, -0.25) is 4.79 Å². The Balaban J connectivity index is 1.79. The van der Waals surface area contributed by atoms with Crippen molar-refractivity contribution < 1.29 is 9.53 Å². The largest absolute Gasteiger partial charge is 0.367 e. The topological polar surface area (TPSA) is 64.3 Å². The van der Waals surface area contributed by atoms with Gasteiger partial charge in [0.05, 0.1) is 6.61 Å². The van der Waals surface area contributed by atoms with Crippen LogP contribution in [0.3, 0.4) is 0 Å². The molecule has 0 aromatic carbocycles. The van der Waals surface area contributed by atoms with Gasteiger partial charge in [-0.1, -0.05) is 0 Å². The van der Waals surface area contributed by atoms with Gasteiger partial charge in [0.1, 0.15) is 6.10 Å². The maximum Gasteiger partial charge on any atom is 0.249 e. The Kier molecular flexibility index (Phi) is 2.02. The Morgan fingerprint density at radius 1 is 1.50 bits per heavy atom. The van der Waals surface area contributed by atoms with Crippen molar-refractivity contribution in [3.63, 3.8) is 0 Å². The monoisotopic (exact) mass is 170 g/mol. The number of hydrogen-bond donors (Lipinski definition) is 2. The number of ether oxygens (including phenoxy) is 1. The molecule has 12 heavy (non-hydrogen) atoms. The van der Waals surface area contributed by atoms with Gasteiger partial charge >= 0.3 is 0 Å². The summed E-state index contributed by atoms with van der Waals surface area (Å²) in [6.07, 6.45) is 2.61. The molecule has 2 fully saturated rings. The highest BCUT2D eigenvalue weighted by molar-refractivity contribution is 5.81. The number of amides is 1. The van der Waals surface area contributed by atoms with E-state index in [0.29, 0.717) is 19.1 Å². The molecule has 1 saturated heterocycles. The fourth-order valence-corrected chi connectivity index (χ4v) is 1.36. The standard InChI is InChI=1S/C8H14N2O2/c9-5-3-7(12-4-5)8(11)10-6-1-2-6/h5-7H,1-4,9H2,(H,10,11)/t5-,7-/m1/s1. The maximum absolute atomic E-state index is 11.3.